The van der Waals surface area contributed by atoms with Crippen LogP contribution in [0.15, 0.2) is 54.6 Å². The maximum Gasteiger partial charge on any atom is 0.416 e. The molecule has 3 nitrogen and oxygen atoms in total. The third-order valence-electron chi connectivity index (χ3n) is 5.53. The lowest BCUT2D eigenvalue weighted by molar-refractivity contribution is -0.138. The van der Waals surface area contributed by atoms with Crippen molar-refractivity contribution in [1.29, 1.82) is 0 Å². The summed E-state index contributed by atoms with van der Waals surface area (Å²) in [4.78, 5) is 14.5. The molecule has 1 aliphatic heterocycles. The topological polar surface area (TPSA) is 40.5 Å². The normalized spacial score (nSPS) is 22.0. The first-order valence-electron chi connectivity index (χ1n) is 9.28. The van der Waals surface area contributed by atoms with Crippen LogP contribution in [0.5, 0.6) is 5.75 Å². The van der Waals surface area contributed by atoms with Gasteiger partial charge in [-0.15, -0.1) is 0 Å². The minimum atomic E-state index is -4.40. The predicted molar refractivity (Wildman–Crippen MR) is 99.6 cm³/mol. The van der Waals surface area contributed by atoms with Crippen molar-refractivity contribution in [3.8, 4) is 5.75 Å². The van der Waals surface area contributed by atoms with Crippen LogP contribution in [-0.2, 0) is 11.0 Å². The maximum atomic E-state index is 13.2. The maximum absolute atomic E-state index is 13.2. The molecule has 1 heterocycles. The lowest BCUT2D eigenvalue weighted by Crippen LogP contribution is -2.36. The molecule has 0 aromatic heterocycles. The number of carbonyl (C=O) groups is 1. The number of benzene rings is 2. The molecule has 4 rings (SSSR count). The molecule has 0 spiro atoms. The van der Waals surface area contributed by atoms with E-state index in [1.54, 1.807) is 23.1 Å². The summed E-state index contributed by atoms with van der Waals surface area (Å²) in [6.07, 6.45) is -1.27. The quantitative estimate of drug-likeness (QED) is 0.820. The molecule has 1 saturated carbocycles. The Bertz CT molecular complexity index is 918. The van der Waals surface area contributed by atoms with E-state index in [2.05, 4.69) is 0 Å². The average Bonchev–Trinajstić information content (AvgIpc) is 3.48. The molecule has 2 aromatic rings. The van der Waals surface area contributed by atoms with E-state index in [0.717, 1.165) is 17.2 Å². The standard InChI is InChI=1S/C22H20F3NO2/c23-22(24,25)20-4-2-1-3-17(20)18-13-19(18)21(28)26-11-9-15(10-12-26)14-5-7-16(27)8-6-14/h1-9,18-19,27H,10-13H2. The lowest BCUT2D eigenvalue weighted by atomic mass is 9.98. The van der Waals surface area contributed by atoms with Gasteiger partial charge in [-0.1, -0.05) is 36.4 Å². The van der Waals surface area contributed by atoms with Gasteiger partial charge in [0.25, 0.3) is 0 Å². The van der Waals surface area contributed by atoms with Gasteiger partial charge in [-0.3, -0.25) is 4.79 Å². The van der Waals surface area contributed by atoms with Crippen molar-refractivity contribution in [2.75, 3.05) is 13.1 Å². The van der Waals surface area contributed by atoms with Gasteiger partial charge < -0.3 is 10.0 Å². The number of carbonyl (C=O) groups excluding carboxylic acids is 1. The van der Waals surface area contributed by atoms with Crippen molar-refractivity contribution >= 4 is 11.5 Å². The zero-order valence-electron chi connectivity index (χ0n) is 15.1. The number of nitrogens with zero attached hydrogens (tertiary/aromatic N) is 1. The van der Waals surface area contributed by atoms with Crippen molar-refractivity contribution in [2.45, 2.75) is 24.9 Å². The number of halogens is 3. The van der Waals surface area contributed by atoms with Gasteiger partial charge in [0, 0.05) is 19.0 Å². The number of rotatable bonds is 3. The summed E-state index contributed by atoms with van der Waals surface area (Å²) >= 11 is 0. The van der Waals surface area contributed by atoms with Crippen LogP contribution in [0, 0.1) is 5.92 Å². The molecule has 0 saturated heterocycles. The minimum absolute atomic E-state index is 0.0667. The molecule has 1 aliphatic carbocycles. The van der Waals surface area contributed by atoms with E-state index in [0.29, 0.717) is 25.9 Å². The molecule has 1 amide bonds. The first kappa shape index (κ1) is 18.6. The first-order chi connectivity index (χ1) is 13.3. The number of hydrogen-bond acceptors (Lipinski definition) is 2. The summed E-state index contributed by atoms with van der Waals surface area (Å²) in [6, 6.07) is 12.5. The van der Waals surface area contributed by atoms with E-state index in [1.807, 2.05) is 18.2 Å². The summed E-state index contributed by atoms with van der Waals surface area (Å²) in [5.41, 5.74) is 1.71. The lowest BCUT2D eigenvalue weighted by Gasteiger charge is -2.27. The Morgan fingerprint density at radius 1 is 1.07 bits per heavy atom. The van der Waals surface area contributed by atoms with E-state index >= 15 is 0 Å². The van der Waals surface area contributed by atoms with Gasteiger partial charge in [0.05, 0.1) is 5.56 Å². The summed E-state index contributed by atoms with van der Waals surface area (Å²) in [5, 5.41) is 9.38. The number of phenolic OH excluding ortho intramolecular Hbond substituents is 1. The molecule has 6 heteroatoms. The van der Waals surface area contributed by atoms with Gasteiger partial charge in [0.15, 0.2) is 0 Å². The van der Waals surface area contributed by atoms with Crippen LogP contribution in [0.3, 0.4) is 0 Å². The summed E-state index contributed by atoms with van der Waals surface area (Å²) in [7, 11) is 0. The fourth-order valence-corrected chi connectivity index (χ4v) is 3.93. The highest BCUT2D eigenvalue weighted by molar-refractivity contribution is 5.84. The summed E-state index contributed by atoms with van der Waals surface area (Å²) in [6.45, 7) is 1.01. The Hall–Kier alpha value is -2.76. The highest BCUT2D eigenvalue weighted by Crippen LogP contribution is 2.51. The molecule has 2 unspecified atom stereocenters. The summed E-state index contributed by atoms with van der Waals surface area (Å²) in [5.74, 6) is -0.584. The smallest absolute Gasteiger partial charge is 0.416 e. The monoisotopic (exact) mass is 387 g/mol. The Morgan fingerprint density at radius 3 is 2.43 bits per heavy atom. The van der Waals surface area contributed by atoms with Crippen LogP contribution in [0.4, 0.5) is 13.2 Å². The van der Waals surface area contributed by atoms with Crippen LogP contribution in [0.1, 0.15) is 35.4 Å². The van der Waals surface area contributed by atoms with Gasteiger partial charge in [0.1, 0.15) is 5.75 Å². The highest BCUT2D eigenvalue weighted by Gasteiger charge is 2.49. The van der Waals surface area contributed by atoms with Gasteiger partial charge in [-0.25, -0.2) is 0 Å². The third-order valence-corrected chi connectivity index (χ3v) is 5.53. The molecule has 0 bridgehead atoms. The van der Waals surface area contributed by atoms with Crippen LogP contribution >= 0.6 is 0 Å². The van der Waals surface area contributed by atoms with Crippen molar-refractivity contribution in [2.24, 2.45) is 5.92 Å². The van der Waals surface area contributed by atoms with Crippen molar-refractivity contribution in [3.63, 3.8) is 0 Å². The Morgan fingerprint density at radius 2 is 1.79 bits per heavy atom. The SMILES string of the molecule is O=C(C1CC1c1ccccc1C(F)(F)F)N1CC=C(c2ccc(O)cc2)CC1. The molecule has 28 heavy (non-hydrogen) atoms. The molecule has 0 radical (unpaired) electrons. The van der Waals surface area contributed by atoms with Gasteiger partial charge >= 0.3 is 6.18 Å². The number of phenols is 1. The number of aromatic hydroxyl groups is 1. The van der Waals surface area contributed by atoms with E-state index in [1.165, 1.54) is 12.1 Å². The molecule has 2 aliphatic rings. The second-order valence-corrected chi connectivity index (χ2v) is 7.34. The van der Waals surface area contributed by atoms with Crippen LogP contribution in [0.2, 0.25) is 0 Å². The van der Waals surface area contributed by atoms with Crippen LogP contribution < -0.4 is 0 Å². The second-order valence-electron chi connectivity index (χ2n) is 7.34. The number of amides is 1. The van der Waals surface area contributed by atoms with Crippen molar-refractivity contribution in [3.05, 3.63) is 71.3 Å². The fourth-order valence-electron chi connectivity index (χ4n) is 3.93. The molecular formula is C22H20F3NO2. The molecule has 2 aromatic carbocycles. The van der Waals surface area contributed by atoms with E-state index in [9.17, 15) is 23.1 Å². The number of hydrogen-bond donors (Lipinski definition) is 1. The van der Waals surface area contributed by atoms with Crippen molar-refractivity contribution < 1.29 is 23.1 Å². The first-order valence-corrected chi connectivity index (χ1v) is 9.28. The Labute approximate surface area is 161 Å². The zero-order chi connectivity index (χ0) is 19.9. The third kappa shape index (κ3) is 3.63. The largest absolute Gasteiger partial charge is 0.508 e. The summed E-state index contributed by atoms with van der Waals surface area (Å²) < 4.78 is 39.7. The Kier molecular flexibility index (Phi) is 4.65. The minimum Gasteiger partial charge on any atom is -0.508 e. The van der Waals surface area contributed by atoms with Gasteiger partial charge in [0.2, 0.25) is 5.91 Å². The Balaban J connectivity index is 1.43. The molecule has 146 valence electrons. The average molecular weight is 387 g/mol. The predicted octanol–water partition coefficient (Wildman–Crippen LogP) is 4.83. The van der Waals surface area contributed by atoms with E-state index < -0.39 is 11.7 Å². The molecule has 1 fully saturated rings. The molecule has 1 N–H and O–H groups in total. The van der Waals surface area contributed by atoms with Crippen LogP contribution in [-0.4, -0.2) is 29.0 Å². The van der Waals surface area contributed by atoms with E-state index in [-0.39, 0.29) is 29.1 Å². The zero-order valence-corrected chi connectivity index (χ0v) is 15.1. The van der Waals surface area contributed by atoms with Gasteiger partial charge in [-0.2, -0.15) is 13.2 Å². The highest BCUT2D eigenvalue weighted by atomic mass is 19.4. The van der Waals surface area contributed by atoms with E-state index in [4.69, 9.17) is 0 Å². The second kappa shape index (κ2) is 7.00. The van der Waals surface area contributed by atoms with Crippen molar-refractivity contribution in [1.82, 2.24) is 4.90 Å². The fraction of sp³-hybridized carbons (Fsp3) is 0.318. The number of alkyl halides is 3. The van der Waals surface area contributed by atoms with Crippen LogP contribution in [0.25, 0.3) is 5.57 Å². The molecule has 2 atom stereocenters. The molecular weight excluding hydrogens is 367 g/mol. The van der Waals surface area contributed by atoms with Gasteiger partial charge in [-0.05, 0) is 53.7 Å².